The first-order valence-electron chi connectivity index (χ1n) is 7.90. The van der Waals surface area contributed by atoms with Gasteiger partial charge < -0.3 is 4.52 Å². The molecule has 126 valence electrons. The quantitative estimate of drug-likeness (QED) is 0.572. The fraction of sp³-hybridized carbons (Fsp3) is 0.167. The van der Waals surface area contributed by atoms with Crippen LogP contribution in [0.5, 0.6) is 0 Å². The summed E-state index contributed by atoms with van der Waals surface area (Å²) < 4.78 is 5.46. The maximum atomic E-state index is 5.46. The van der Waals surface area contributed by atoms with Gasteiger partial charge in [-0.3, -0.25) is 15.0 Å². The third kappa shape index (κ3) is 3.67. The molecule has 0 unspecified atom stereocenters. The van der Waals surface area contributed by atoms with Crippen molar-refractivity contribution in [3.63, 3.8) is 0 Å². The Labute approximate surface area is 149 Å². The van der Waals surface area contributed by atoms with Crippen LogP contribution in [-0.4, -0.2) is 32.3 Å². The van der Waals surface area contributed by atoms with Crippen molar-refractivity contribution in [1.29, 1.82) is 0 Å². The van der Waals surface area contributed by atoms with E-state index in [-0.39, 0.29) is 0 Å². The molecule has 0 spiro atoms. The van der Waals surface area contributed by atoms with Gasteiger partial charge in [-0.25, -0.2) is 0 Å². The molecule has 4 aromatic rings. The summed E-state index contributed by atoms with van der Waals surface area (Å²) in [6.07, 6.45) is 3.50. The summed E-state index contributed by atoms with van der Waals surface area (Å²) in [7, 11) is 2.04. The van der Waals surface area contributed by atoms with Gasteiger partial charge in [-0.05, 0) is 36.7 Å². The van der Waals surface area contributed by atoms with Crippen LogP contribution < -0.4 is 0 Å². The van der Waals surface area contributed by atoms with Crippen molar-refractivity contribution in [2.24, 2.45) is 0 Å². The monoisotopic (exact) mass is 351 g/mol. The highest BCUT2D eigenvalue weighted by molar-refractivity contribution is 7.13. The number of nitrogens with one attached hydrogen (secondary N) is 1. The zero-order valence-electron chi connectivity index (χ0n) is 13.7. The summed E-state index contributed by atoms with van der Waals surface area (Å²) >= 11 is 1.69. The fourth-order valence-corrected chi connectivity index (χ4v) is 3.34. The summed E-state index contributed by atoms with van der Waals surface area (Å²) in [5, 5.41) is 13.7. The normalized spacial score (nSPS) is 11.3. The van der Waals surface area contributed by atoms with Gasteiger partial charge in [0.1, 0.15) is 11.4 Å². The van der Waals surface area contributed by atoms with Crippen molar-refractivity contribution >= 4 is 11.3 Å². The molecular formula is C18H17N5OS. The van der Waals surface area contributed by atoms with Crippen molar-refractivity contribution < 1.29 is 4.52 Å². The van der Waals surface area contributed by atoms with Crippen molar-refractivity contribution in [1.82, 2.24) is 25.2 Å². The summed E-state index contributed by atoms with van der Waals surface area (Å²) in [4.78, 5) is 7.34. The molecule has 0 aliphatic rings. The van der Waals surface area contributed by atoms with E-state index in [0.717, 1.165) is 35.0 Å². The van der Waals surface area contributed by atoms with Gasteiger partial charge >= 0.3 is 0 Å². The lowest BCUT2D eigenvalue weighted by atomic mass is 10.2. The Morgan fingerprint density at radius 2 is 2.00 bits per heavy atom. The SMILES string of the molecule is CN(Cc1cc(-c2cccs2)n[nH]1)Cc1cc(-c2ccncc2)no1. The molecule has 4 aromatic heterocycles. The summed E-state index contributed by atoms with van der Waals surface area (Å²) in [5.41, 5.74) is 3.88. The number of pyridine rings is 1. The zero-order valence-corrected chi connectivity index (χ0v) is 14.5. The van der Waals surface area contributed by atoms with E-state index in [1.807, 2.05) is 31.3 Å². The number of rotatable bonds is 6. The smallest absolute Gasteiger partial charge is 0.151 e. The third-order valence-electron chi connectivity index (χ3n) is 3.81. The van der Waals surface area contributed by atoms with Crippen molar-refractivity contribution in [2.75, 3.05) is 7.05 Å². The van der Waals surface area contributed by atoms with Gasteiger partial charge in [0.15, 0.2) is 5.76 Å². The molecule has 0 aromatic carbocycles. The average molecular weight is 351 g/mol. The first-order chi connectivity index (χ1) is 12.3. The summed E-state index contributed by atoms with van der Waals surface area (Å²) in [5.74, 6) is 0.826. The topological polar surface area (TPSA) is 70.8 Å². The molecule has 0 amide bonds. The Morgan fingerprint density at radius 1 is 1.12 bits per heavy atom. The van der Waals surface area contributed by atoms with Crippen LogP contribution in [0, 0.1) is 0 Å². The van der Waals surface area contributed by atoms with Gasteiger partial charge in [-0.15, -0.1) is 11.3 Å². The predicted molar refractivity (Wildman–Crippen MR) is 96.8 cm³/mol. The minimum Gasteiger partial charge on any atom is -0.359 e. The van der Waals surface area contributed by atoms with Crippen LogP contribution in [-0.2, 0) is 13.1 Å². The molecule has 7 heteroatoms. The molecule has 4 heterocycles. The Morgan fingerprint density at radius 3 is 2.80 bits per heavy atom. The Balaban J connectivity index is 1.39. The number of H-pyrrole nitrogens is 1. The van der Waals surface area contributed by atoms with Crippen LogP contribution in [0.25, 0.3) is 21.8 Å². The second kappa shape index (κ2) is 7.00. The molecule has 0 saturated carbocycles. The Bertz CT molecular complexity index is 929. The van der Waals surface area contributed by atoms with E-state index in [9.17, 15) is 0 Å². The second-order valence-electron chi connectivity index (χ2n) is 5.84. The molecule has 4 rings (SSSR count). The van der Waals surface area contributed by atoms with Crippen LogP contribution >= 0.6 is 11.3 Å². The van der Waals surface area contributed by atoms with Crippen LogP contribution in [0.1, 0.15) is 11.5 Å². The van der Waals surface area contributed by atoms with Crippen LogP contribution in [0.3, 0.4) is 0 Å². The van der Waals surface area contributed by atoms with Crippen LogP contribution in [0.15, 0.2) is 58.7 Å². The van der Waals surface area contributed by atoms with Crippen LogP contribution in [0.4, 0.5) is 0 Å². The highest BCUT2D eigenvalue weighted by Crippen LogP contribution is 2.23. The molecule has 0 bridgehead atoms. The second-order valence-corrected chi connectivity index (χ2v) is 6.79. The molecule has 0 saturated heterocycles. The highest BCUT2D eigenvalue weighted by Gasteiger charge is 2.11. The minimum absolute atomic E-state index is 0.672. The first-order valence-corrected chi connectivity index (χ1v) is 8.78. The first kappa shape index (κ1) is 15.7. The van der Waals surface area contributed by atoms with E-state index in [0.29, 0.717) is 6.54 Å². The number of thiophene rings is 1. The number of hydrogen-bond donors (Lipinski definition) is 1. The number of aromatic nitrogens is 4. The van der Waals surface area contributed by atoms with Gasteiger partial charge in [-0.1, -0.05) is 11.2 Å². The molecule has 6 nitrogen and oxygen atoms in total. The molecule has 0 aliphatic carbocycles. The summed E-state index contributed by atoms with van der Waals surface area (Å²) in [6.45, 7) is 1.43. The number of nitrogens with zero attached hydrogens (tertiary/aromatic N) is 4. The number of hydrogen-bond acceptors (Lipinski definition) is 6. The maximum absolute atomic E-state index is 5.46. The molecule has 0 fully saturated rings. The van der Waals surface area contributed by atoms with Crippen molar-refractivity contribution in [3.05, 3.63) is 65.6 Å². The van der Waals surface area contributed by atoms with Gasteiger partial charge in [-0.2, -0.15) is 5.10 Å². The van der Waals surface area contributed by atoms with Crippen LogP contribution in [0.2, 0.25) is 0 Å². The molecule has 0 atom stereocenters. The zero-order chi connectivity index (χ0) is 17.1. The molecular weight excluding hydrogens is 334 g/mol. The lowest BCUT2D eigenvalue weighted by Gasteiger charge is -2.12. The molecule has 0 aliphatic heterocycles. The largest absolute Gasteiger partial charge is 0.359 e. The van der Waals surface area contributed by atoms with Crippen molar-refractivity contribution in [3.8, 4) is 21.8 Å². The lowest BCUT2D eigenvalue weighted by molar-refractivity contribution is 0.264. The standard InChI is InChI=1S/C18H17N5OS/c1-23(11-14-9-17(21-20-14)18-3-2-8-25-18)12-15-10-16(22-24-15)13-4-6-19-7-5-13/h2-10H,11-12H2,1H3,(H,20,21). The average Bonchev–Trinajstić information content (AvgIpc) is 3.37. The molecule has 1 N–H and O–H groups in total. The van der Waals surface area contributed by atoms with E-state index in [1.165, 1.54) is 4.88 Å². The Kier molecular flexibility index (Phi) is 4.41. The van der Waals surface area contributed by atoms with Gasteiger partial charge in [0.2, 0.25) is 0 Å². The Hall–Kier alpha value is -2.77. The van der Waals surface area contributed by atoms with Gasteiger partial charge in [0, 0.05) is 36.3 Å². The lowest BCUT2D eigenvalue weighted by Crippen LogP contribution is -2.17. The van der Waals surface area contributed by atoms with Crippen molar-refractivity contribution in [2.45, 2.75) is 13.1 Å². The number of aromatic amines is 1. The predicted octanol–water partition coefficient (Wildman–Crippen LogP) is 3.82. The van der Waals surface area contributed by atoms with E-state index in [4.69, 9.17) is 4.52 Å². The van der Waals surface area contributed by atoms with E-state index < -0.39 is 0 Å². The van der Waals surface area contributed by atoms with E-state index in [2.05, 4.69) is 42.8 Å². The highest BCUT2D eigenvalue weighted by atomic mass is 32.1. The molecule has 0 radical (unpaired) electrons. The van der Waals surface area contributed by atoms with E-state index in [1.54, 1.807) is 23.7 Å². The summed E-state index contributed by atoms with van der Waals surface area (Å²) in [6, 6.07) is 12.0. The molecule has 25 heavy (non-hydrogen) atoms. The third-order valence-corrected chi connectivity index (χ3v) is 4.70. The van der Waals surface area contributed by atoms with E-state index >= 15 is 0 Å². The minimum atomic E-state index is 0.672. The van der Waals surface area contributed by atoms with Gasteiger partial charge in [0.25, 0.3) is 0 Å². The van der Waals surface area contributed by atoms with Gasteiger partial charge in [0.05, 0.1) is 11.4 Å². The fourth-order valence-electron chi connectivity index (χ4n) is 2.65. The maximum Gasteiger partial charge on any atom is 0.151 e.